The third-order valence-electron chi connectivity index (χ3n) is 3.97. The molecule has 0 radical (unpaired) electrons. The average Bonchev–Trinajstić information content (AvgIpc) is 2.60. The highest BCUT2D eigenvalue weighted by Crippen LogP contribution is 2.07. The molecule has 0 bridgehead atoms. The van der Waals surface area contributed by atoms with E-state index in [1.165, 1.54) is 6.92 Å². The fraction of sp³-hybridized carbons (Fsp3) is 0.765. The van der Waals surface area contributed by atoms with E-state index in [9.17, 15) is 19.2 Å². The van der Waals surface area contributed by atoms with E-state index in [1.54, 1.807) is 0 Å². The predicted molar refractivity (Wildman–Crippen MR) is 104 cm³/mol. The van der Waals surface area contributed by atoms with Crippen molar-refractivity contribution in [1.82, 2.24) is 16.0 Å². The van der Waals surface area contributed by atoms with Crippen LogP contribution < -0.4 is 33.2 Å². The summed E-state index contributed by atoms with van der Waals surface area (Å²) in [5, 5.41) is 16.3. The lowest BCUT2D eigenvalue weighted by molar-refractivity contribution is -0.141. The summed E-state index contributed by atoms with van der Waals surface area (Å²) in [6, 6.07) is -3.89. The van der Waals surface area contributed by atoms with Crippen LogP contribution >= 0.6 is 0 Å². The quantitative estimate of drug-likeness (QED) is 0.177. The lowest BCUT2D eigenvalue weighted by Gasteiger charge is -2.25. The van der Waals surface area contributed by atoms with Gasteiger partial charge in [-0.05, 0) is 45.2 Å². The molecule has 0 unspecified atom stereocenters. The number of hydrogen-bond acceptors (Lipinski definition) is 7. The van der Waals surface area contributed by atoms with E-state index < -0.39 is 47.9 Å². The summed E-state index contributed by atoms with van der Waals surface area (Å²) in [5.41, 5.74) is 16.6. The molecule has 0 aliphatic carbocycles. The molecule has 0 aromatic heterocycles. The minimum Gasteiger partial charge on any atom is -0.480 e. The maximum Gasteiger partial charge on any atom is 0.325 e. The predicted octanol–water partition coefficient (Wildman–Crippen LogP) is -2.38. The van der Waals surface area contributed by atoms with E-state index in [4.69, 9.17) is 22.3 Å². The molecule has 0 saturated carbocycles. The molecule has 162 valence electrons. The van der Waals surface area contributed by atoms with Gasteiger partial charge in [0.1, 0.15) is 18.1 Å². The summed E-state index contributed by atoms with van der Waals surface area (Å²) in [6.07, 6.45) is 0.710. The number of carbonyl (C=O) groups is 4. The number of carbonyl (C=O) groups excluding carboxylic acids is 3. The number of hydrogen-bond donors (Lipinski definition) is 7. The van der Waals surface area contributed by atoms with Gasteiger partial charge < -0.3 is 38.3 Å². The van der Waals surface area contributed by atoms with Crippen LogP contribution in [-0.2, 0) is 19.2 Å². The minimum atomic E-state index is -1.20. The van der Waals surface area contributed by atoms with Crippen molar-refractivity contribution in [2.45, 2.75) is 64.2 Å². The van der Waals surface area contributed by atoms with Crippen LogP contribution in [-0.4, -0.2) is 66.1 Å². The van der Waals surface area contributed by atoms with Gasteiger partial charge in [-0.25, -0.2) is 0 Å². The van der Waals surface area contributed by atoms with Crippen molar-refractivity contribution < 1.29 is 24.3 Å². The van der Waals surface area contributed by atoms with E-state index in [0.717, 1.165) is 0 Å². The zero-order chi connectivity index (χ0) is 21.9. The van der Waals surface area contributed by atoms with Crippen LogP contribution in [0, 0.1) is 5.92 Å². The molecule has 0 aliphatic heterocycles. The summed E-state index contributed by atoms with van der Waals surface area (Å²) in [4.78, 5) is 48.0. The summed E-state index contributed by atoms with van der Waals surface area (Å²) in [6.45, 7) is 5.40. The molecule has 10 N–H and O–H groups in total. The number of nitrogens with two attached hydrogens (primary N) is 3. The fourth-order valence-corrected chi connectivity index (χ4v) is 2.38. The molecule has 11 heteroatoms. The molecule has 11 nitrogen and oxygen atoms in total. The topological polar surface area (TPSA) is 203 Å². The monoisotopic (exact) mass is 402 g/mol. The van der Waals surface area contributed by atoms with Crippen molar-refractivity contribution >= 4 is 23.7 Å². The van der Waals surface area contributed by atoms with E-state index in [1.807, 2.05) is 13.8 Å². The molecule has 0 spiro atoms. The van der Waals surface area contributed by atoms with Crippen LogP contribution in [0.25, 0.3) is 0 Å². The Morgan fingerprint density at radius 2 is 1.32 bits per heavy atom. The Hall–Kier alpha value is -2.24. The minimum absolute atomic E-state index is 0.0793. The number of carboxylic acid groups (broad SMARTS) is 1. The first-order valence-corrected chi connectivity index (χ1v) is 9.33. The second kappa shape index (κ2) is 13.0. The van der Waals surface area contributed by atoms with Crippen LogP contribution in [0.4, 0.5) is 0 Å². The molecule has 0 saturated heterocycles. The largest absolute Gasteiger partial charge is 0.480 e. The van der Waals surface area contributed by atoms with Gasteiger partial charge in [0.05, 0.1) is 6.04 Å². The van der Waals surface area contributed by atoms with Crippen LogP contribution in [0.2, 0.25) is 0 Å². The number of rotatable bonds is 13. The van der Waals surface area contributed by atoms with Crippen molar-refractivity contribution in [2.24, 2.45) is 23.1 Å². The Balaban J connectivity index is 5.17. The van der Waals surface area contributed by atoms with Gasteiger partial charge in [-0.3, -0.25) is 19.2 Å². The average molecular weight is 402 g/mol. The molecular formula is C17H34N6O5. The normalized spacial score (nSPS) is 15.2. The Labute approximate surface area is 165 Å². The molecule has 28 heavy (non-hydrogen) atoms. The van der Waals surface area contributed by atoms with Gasteiger partial charge in [0.2, 0.25) is 17.7 Å². The summed E-state index contributed by atoms with van der Waals surface area (Å²) < 4.78 is 0. The van der Waals surface area contributed by atoms with E-state index in [2.05, 4.69) is 16.0 Å². The van der Waals surface area contributed by atoms with Gasteiger partial charge in [-0.2, -0.15) is 0 Å². The number of aliphatic carboxylic acids is 1. The first kappa shape index (κ1) is 25.8. The Morgan fingerprint density at radius 3 is 1.79 bits per heavy atom. The first-order chi connectivity index (χ1) is 13.0. The maximum atomic E-state index is 12.7. The standard InChI is InChI=1S/C17H34N6O5/c1-9(2)8-13(23-14(24)11(20)4-6-18)16(26)22-12(5-7-19)15(25)21-10(3)17(27)28/h9-13H,4-8,18-20H2,1-3H3,(H,21,25)(H,22,26)(H,23,24)(H,27,28)/t10-,11-,12-,13+/m0/s1. The highest BCUT2D eigenvalue weighted by atomic mass is 16.4. The number of nitrogens with one attached hydrogen (secondary N) is 3. The van der Waals surface area contributed by atoms with Crippen molar-refractivity contribution in [1.29, 1.82) is 0 Å². The third kappa shape index (κ3) is 9.62. The molecule has 4 atom stereocenters. The first-order valence-electron chi connectivity index (χ1n) is 9.33. The lowest BCUT2D eigenvalue weighted by Crippen LogP contribution is -2.57. The molecule has 0 rings (SSSR count). The SMILES string of the molecule is CC(C)C[C@@H](NC(=O)[C@@H](N)CCN)C(=O)N[C@@H](CCN)C(=O)N[C@@H](C)C(=O)O. The van der Waals surface area contributed by atoms with Crippen molar-refractivity contribution in [2.75, 3.05) is 13.1 Å². The van der Waals surface area contributed by atoms with Gasteiger partial charge in [-0.1, -0.05) is 13.8 Å². The van der Waals surface area contributed by atoms with Crippen LogP contribution in [0.5, 0.6) is 0 Å². The zero-order valence-electron chi connectivity index (χ0n) is 16.7. The lowest BCUT2D eigenvalue weighted by atomic mass is 10.0. The molecule has 0 heterocycles. The zero-order valence-corrected chi connectivity index (χ0v) is 16.7. The Bertz CT molecular complexity index is 542. The number of carboxylic acids is 1. The Morgan fingerprint density at radius 1 is 0.821 bits per heavy atom. The Kier molecular flexibility index (Phi) is 12.0. The second-order valence-corrected chi connectivity index (χ2v) is 7.08. The van der Waals surface area contributed by atoms with Crippen molar-refractivity contribution in [3.05, 3.63) is 0 Å². The van der Waals surface area contributed by atoms with Gasteiger partial charge in [-0.15, -0.1) is 0 Å². The molecule has 0 fully saturated rings. The fourth-order valence-electron chi connectivity index (χ4n) is 2.38. The highest BCUT2D eigenvalue weighted by molar-refractivity contribution is 5.94. The third-order valence-corrected chi connectivity index (χ3v) is 3.97. The van der Waals surface area contributed by atoms with Crippen LogP contribution in [0.1, 0.15) is 40.0 Å². The van der Waals surface area contributed by atoms with Crippen LogP contribution in [0.15, 0.2) is 0 Å². The van der Waals surface area contributed by atoms with E-state index in [0.29, 0.717) is 6.42 Å². The molecule has 0 aromatic carbocycles. The summed E-state index contributed by atoms with van der Waals surface area (Å²) in [5.74, 6) is -2.87. The van der Waals surface area contributed by atoms with E-state index >= 15 is 0 Å². The smallest absolute Gasteiger partial charge is 0.325 e. The molecule has 0 aliphatic rings. The van der Waals surface area contributed by atoms with Gasteiger partial charge >= 0.3 is 5.97 Å². The van der Waals surface area contributed by atoms with Crippen LogP contribution in [0.3, 0.4) is 0 Å². The second-order valence-electron chi connectivity index (χ2n) is 7.08. The molecule has 0 aromatic rings. The summed E-state index contributed by atoms with van der Waals surface area (Å²) in [7, 11) is 0. The van der Waals surface area contributed by atoms with Gasteiger partial charge in [0.25, 0.3) is 0 Å². The maximum absolute atomic E-state index is 12.7. The van der Waals surface area contributed by atoms with E-state index in [-0.39, 0.29) is 31.8 Å². The highest BCUT2D eigenvalue weighted by Gasteiger charge is 2.29. The van der Waals surface area contributed by atoms with Gasteiger partial charge in [0, 0.05) is 0 Å². The molecule has 3 amide bonds. The summed E-state index contributed by atoms with van der Waals surface area (Å²) >= 11 is 0. The number of amides is 3. The van der Waals surface area contributed by atoms with Gasteiger partial charge in [0.15, 0.2) is 0 Å². The molecular weight excluding hydrogens is 368 g/mol. The van der Waals surface area contributed by atoms with Crippen molar-refractivity contribution in [3.63, 3.8) is 0 Å². The van der Waals surface area contributed by atoms with Crippen molar-refractivity contribution in [3.8, 4) is 0 Å².